The van der Waals surface area contributed by atoms with Crippen LogP contribution in [0.25, 0.3) is 10.2 Å². The largest absolute Gasteiger partial charge is 0.330 e. The molecule has 0 radical (unpaired) electrons. The molecular weight excluding hydrogens is 372 g/mol. The summed E-state index contributed by atoms with van der Waals surface area (Å²) in [7, 11) is 3.08. The van der Waals surface area contributed by atoms with Gasteiger partial charge in [-0.05, 0) is 26.3 Å². The standard InChI is InChI=1S/C17H20N4O3S2/c1-6-21-15(23)13-9(2)10(3)26-14(13)18-16(21)25-8-11-7-12(22)20(5)17(24)19(11)4/h7H,6,8H2,1-5H3. The third-order valence-electron chi connectivity index (χ3n) is 4.54. The molecule has 9 heteroatoms. The van der Waals surface area contributed by atoms with E-state index in [4.69, 9.17) is 0 Å². The highest BCUT2D eigenvalue weighted by Crippen LogP contribution is 2.29. The minimum Gasteiger partial charge on any atom is -0.300 e. The molecule has 0 fully saturated rings. The van der Waals surface area contributed by atoms with Gasteiger partial charge in [-0.1, -0.05) is 11.8 Å². The van der Waals surface area contributed by atoms with Crippen LogP contribution in [0.5, 0.6) is 0 Å². The van der Waals surface area contributed by atoms with Crippen molar-refractivity contribution in [1.82, 2.24) is 18.7 Å². The number of aromatic nitrogens is 4. The van der Waals surface area contributed by atoms with Crippen LogP contribution in [0.3, 0.4) is 0 Å². The molecule has 0 aliphatic heterocycles. The van der Waals surface area contributed by atoms with Crippen LogP contribution in [-0.2, 0) is 26.4 Å². The Morgan fingerprint density at radius 3 is 2.50 bits per heavy atom. The van der Waals surface area contributed by atoms with Crippen molar-refractivity contribution in [2.45, 2.75) is 38.2 Å². The summed E-state index contributed by atoms with van der Waals surface area (Å²) in [5.74, 6) is 0.378. The zero-order valence-electron chi connectivity index (χ0n) is 15.3. The Morgan fingerprint density at radius 2 is 1.85 bits per heavy atom. The maximum Gasteiger partial charge on any atom is 0.330 e. The Labute approximate surface area is 157 Å². The Balaban J connectivity index is 2.06. The van der Waals surface area contributed by atoms with Gasteiger partial charge in [-0.15, -0.1) is 11.3 Å². The van der Waals surface area contributed by atoms with Gasteiger partial charge < -0.3 is 0 Å². The molecule has 3 heterocycles. The highest BCUT2D eigenvalue weighted by atomic mass is 32.2. The normalized spacial score (nSPS) is 11.4. The molecule has 26 heavy (non-hydrogen) atoms. The van der Waals surface area contributed by atoms with E-state index in [1.54, 1.807) is 11.6 Å². The first-order valence-electron chi connectivity index (χ1n) is 8.15. The number of rotatable bonds is 4. The molecule has 0 saturated heterocycles. The summed E-state index contributed by atoms with van der Waals surface area (Å²) < 4.78 is 4.16. The van der Waals surface area contributed by atoms with Gasteiger partial charge in [0.15, 0.2) is 5.16 Å². The highest BCUT2D eigenvalue weighted by Gasteiger charge is 2.16. The van der Waals surface area contributed by atoms with Crippen molar-refractivity contribution >= 4 is 33.3 Å². The Hall–Kier alpha value is -2.13. The lowest BCUT2D eigenvalue weighted by Crippen LogP contribution is -2.37. The van der Waals surface area contributed by atoms with Crippen LogP contribution in [0.2, 0.25) is 0 Å². The summed E-state index contributed by atoms with van der Waals surface area (Å²) in [6, 6.07) is 1.45. The molecule has 3 aromatic rings. The van der Waals surface area contributed by atoms with E-state index in [0.717, 1.165) is 19.8 Å². The quantitative estimate of drug-likeness (QED) is 0.500. The summed E-state index contributed by atoms with van der Waals surface area (Å²) in [5, 5.41) is 1.28. The minimum atomic E-state index is -0.367. The zero-order valence-corrected chi connectivity index (χ0v) is 17.0. The van der Waals surface area contributed by atoms with Gasteiger partial charge in [0, 0.05) is 43.0 Å². The Morgan fingerprint density at radius 1 is 1.15 bits per heavy atom. The summed E-state index contributed by atoms with van der Waals surface area (Å²) >= 11 is 2.87. The van der Waals surface area contributed by atoms with E-state index in [2.05, 4.69) is 4.98 Å². The number of fused-ring (bicyclic) bond motifs is 1. The van der Waals surface area contributed by atoms with Gasteiger partial charge in [-0.3, -0.25) is 23.3 Å². The van der Waals surface area contributed by atoms with Gasteiger partial charge in [-0.2, -0.15) is 0 Å². The fourth-order valence-corrected chi connectivity index (χ4v) is 4.91. The first-order valence-corrected chi connectivity index (χ1v) is 9.95. The van der Waals surface area contributed by atoms with Crippen molar-refractivity contribution in [3.8, 4) is 0 Å². The average molecular weight is 393 g/mol. The van der Waals surface area contributed by atoms with E-state index in [1.165, 1.54) is 40.8 Å². The number of hydrogen-bond acceptors (Lipinski definition) is 6. The van der Waals surface area contributed by atoms with Crippen LogP contribution in [0.4, 0.5) is 0 Å². The van der Waals surface area contributed by atoms with E-state index in [9.17, 15) is 14.4 Å². The molecule has 3 rings (SSSR count). The fourth-order valence-electron chi connectivity index (χ4n) is 2.75. The molecule has 0 saturated carbocycles. The van der Waals surface area contributed by atoms with Crippen molar-refractivity contribution < 1.29 is 0 Å². The number of thioether (sulfide) groups is 1. The lowest BCUT2D eigenvalue weighted by atomic mass is 10.2. The van der Waals surface area contributed by atoms with Gasteiger partial charge in [0.25, 0.3) is 11.1 Å². The Kier molecular flexibility index (Phi) is 4.94. The average Bonchev–Trinajstić information content (AvgIpc) is 2.89. The summed E-state index contributed by atoms with van der Waals surface area (Å²) in [6.45, 7) is 6.34. The molecular formula is C17H20N4O3S2. The van der Waals surface area contributed by atoms with E-state index in [1.807, 2.05) is 20.8 Å². The predicted octanol–water partition coefficient (Wildman–Crippen LogP) is 1.78. The second-order valence-corrected chi connectivity index (χ2v) is 8.22. The zero-order chi connectivity index (χ0) is 19.2. The maximum atomic E-state index is 12.9. The fraction of sp³-hybridized carbons (Fsp3) is 0.412. The number of hydrogen-bond donors (Lipinski definition) is 0. The van der Waals surface area contributed by atoms with Crippen LogP contribution >= 0.6 is 23.1 Å². The third kappa shape index (κ3) is 2.95. The van der Waals surface area contributed by atoms with E-state index < -0.39 is 0 Å². The highest BCUT2D eigenvalue weighted by molar-refractivity contribution is 7.98. The Bertz CT molecular complexity index is 1180. The number of nitrogens with zero attached hydrogens (tertiary/aromatic N) is 4. The van der Waals surface area contributed by atoms with Crippen molar-refractivity contribution in [2.24, 2.45) is 14.1 Å². The van der Waals surface area contributed by atoms with E-state index in [0.29, 0.717) is 28.5 Å². The minimum absolute atomic E-state index is 0.0419. The molecule has 0 N–H and O–H groups in total. The molecule has 7 nitrogen and oxygen atoms in total. The molecule has 0 spiro atoms. The number of thiophene rings is 1. The van der Waals surface area contributed by atoms with Gasteiger partial charge >= 0.3 is 5.69 Å². The van der Waals surface area contributed by atoms with Gasteiger partial charge in [-0.25, -0.2) is 9.78 Å². The predicted molar refractivity (Wildman–Crippen MR) is 106 cm³/mol. The first kappa shape index (κ1) is 18.7. The molecule has 0 bridgehead atoms. The van der Waals surface area contributed by atoms with Gasteiger partial charge in [0.2, 0.25) is 0 Å². The monoisotopic (exact) mass is 392 g/mol. The van der Waals surface area contributed by atoms with Gasteiger partial charge in [0.1, 0.15) is 4.83 Å². The molecule has 0 amide bonds. The second-order valence-electron chi connectivity index (χ2n) is 6.07. The van der Waals surface area contributed by atoms with Gasteiger partial charge in [0.05, 0.1) is 5.39 Å². The SMILES string of the molecule is CCn1c(SCc2cc(=O)n(C)c(=O)n2C)nc2sc(C)c(C)c2c1=O. The molecule has 0 aliphatic rings. The van der Waals surface area contributed by atoms with Crippen LogP contribution in [0, 0.1) is 13.8 Å². The van der Waals surface area contributed by atoms with E-state index >= 15 is 0 Å². The van der Waals surface area contributed by atoms with Crippen molar-refractivity contribution in [2.75, 3.05) is 0 Å². The molecule has 0 aliphatic carbocycles. The first-order chi connectivity index (χ1) is 12.3. The van der Waals surface area contributed by atoms with Crippen LogP contribution in [0.1, 0.15) is 23.1 Å². The third-order valence-corrected chi connectivity index (χ3v) is 6.66. The van der Waals surface area contributed by atoms with Crippen LogP contribution < -0.4 is 16.8 Å². The van der Waals surface area contributed by atoms with E-state index in [-0.39, 0.29) is 16.8 Å². The van der Waals surface area contributed by atoms with Crippen molar-refractivity contribution in [1.29, 1.82) is 0 Å². The summed E-state index contributed by atoms with van der Waals surface area (Å²) in [5.41, 5.74) is 0.826. The maximum absolute atomic E-state index is 12.9. The topological polar surface area (TPSA) is 78.9 Å². The van der Waals surface area contributed by atoms with Crippen LogP contribution in [-0.4, -0.2) is 18.7 Å². The van der Waals surface area contributed by atoms with Crippen LogP contribution in [0.15, 0.2) is 25.6 Å². The summed E-state index contributed by atoms with van der Waals surface area (Å²) in [6.07, 6.45) is 0. The lowest BCUT2D eigenvalue weighted by Gasteiger charge is -2.12. The molecule has 3 aromatic heterocycles. The van der Waals surface area contributed by atoms with Crippen molar-refractivity contribution in [3.63, 3.8) is 0 Å². The smallest absolute Gasteiger partial charge is 0.300 e. The molecule has 138 valence electrons. The summed E-state index contributed by atoms with van der Waals surface area (Å²) in [4.78, 5) is 43.3. The van der Waals surface area contributed by atoms with Crippen molar-refractivity contribution in [3.05, 3.63) is 53.4 Å². The lowest BCUT2D eigenvalue weighted by molar-refractivity contribution is 0.633. The number of aryl methyl sites for hydroxylation is 2. The second kappa shape index (κ2) is 6.88. The molecule has 0 atom stereocenters. The molecule has 0 aromatic carbocycles. The molecule has 0 unspecified atom stereocenters.